The number of rotatable bonds is 2. The molecular weight excluding hydrogens is 312 g/mol. The quantitative estimate of drug-likeness (QED) is 0.794. The van der Waals surface area contributed by atoms with Crippen LogP contribution in [0.15, 0.2) is 11.6 Å². The van der Waals surface area contributed by atoms with Crippen LogP contribution in [0.25, 0.3) is 0 Å². The lowest BCUT2D eigenvalue weighted by Crippen LogP contribution is -2.58. The van der Waals surface area contributed by atoms with E-state index in [1.165, 1.54) is 5.57 Å². The van der Waals surface area contributed by atoms with Gasteiger partial charge in [-0.1, -0.05) is 26.3 Å². The van der Waals surface area contributed by atoms with Gasteiger partial charge in [0, 0.05) is 11.8 Å². The first-order chi connectivity index (χ1) is 11.8. The van der Waals surface area contributed by atoms with Gasteiger partial charge in [0.25, 0.3) is 0 Å². The minimum Gasteiger partial charge on any atom is -0.390 e. The number of hydrogen-bond donors (Lipinski definition) is 2. The van der Waals surface area contributed by atoms with E-state index in [4.69, 9.17) is 0 Å². The van der Waals surface area contributed by atoms with Gasteiger partial charge < -0.3 is 10.2 Å². The number of ketones is 1. The van der Waals surface area contributed by atoms with Crippen molar-refractivity contribution in [2.45, 2.75) is 90.3 Å². The maximum Gasteiger partial charge on any atom is 0.155 e. The molecule has 0 amide bonds. The topological polar surface area (TPSA) is 57.5 Å². The second-order valence-corrected chi connectivity index (χ2v) is 9.81. The number of aliphatic hydroxyl groups is 2. The van der Waals surface area contributed by atoms with Gasteiger partial charge in [-0.2, -0.15) is 0 Å². The summed E-state index contributed by atoms with van der Waals surface area (Å²) in [6.07, 6.45) is 9.78. The molecule has 0 aromatic carbocycles. The van der Waals surface area contributed by atoms with Gasteiger partial charge in [0.1, 0.15) is 0 Å². The summed E-state index contributed by atoms with van der Waals surface area (Å²) in [4.78, 5) is 11.9. The normalized spacial score (nSPS) is 50.5. The molecule has 0 spiro atoms. The Hall–Kier alpha value is -0.670. The summed E-state index contributed by atoms with van der Waals surface area (Å²) in [5.74, 6) is 2.09. The molecule has 25 heavy (non-hydrogen) atoms. The molecule has 2 N–H and O–H groups in total. The molecule has 0 bridgehead atoms. The van der Waals surface area contributed by atoms with Gasteiger partial charge in [-0.15, -0.1) is 0 Å². The zero-order valence-electron chi connectivity index (χ0n) is 16.1. The number of fused-ring (bicyclic) bond motifs is 5. The molecule has 4 rings (SSSR count). The van der Waals surface area contributed by atoms with Gasteiger partial charge in [0.15, 0.2) is 5.78 Å². The molecule has 0 aliphatic heterocycles. The van der Waals surface area contributed by atoms with Crippen LogP contribution in [0.4, 0.5) is 0 Å². The predicted octanol–water partition coefficient (Wildman–Crippen LogP) is 4.02. The minimum atomic E-state index is -0.920. The van der Waals surface area contributed by atoms with Gasteiger partial charge in [-0.3, -0.25) is 4.79 Å². The highest BCUT2D eigenvalue weighted by molar-refractivity contribution is 5.91. The zero-order valence-corrected chi connectivity index (χ0v) is 16.1. The average Bonchev–Trinajstić information content (AvgIpc) is 2.87. The van der Waals surface area contributed by atoms with Crippen molar-refractivity contribution in [2.24, 2.45) is 28.6 Å². The number of carbonyl (C=O) groups excluding carboxylic acids is 1. The minimum absolute atomic E-state index is 0.161. The van der Waals surface area contributed by atoms with E-state index in [1.807, 2.05) is 13.0 Å². The summed E-state index contributed by atoms with van der Waals surface area (Å²) in [6, 6.07) is 0. The molecule has 4 aliphatic carbocycles. The summed E-state index contributed by atoms with van der Waals surface area (Å²) in [5.41, 5.74) is 0.501. The van der Waals surface area contributed by atoms with Crippen LogP contribution >= 0.6 is 0 Å². The molecule has 0 radical (unpaired) electrons. The standard InChI is InChI=1S/C22H34O3/c1-4-19(24)22(25)12-9-18-16-6-5-14-13-15(23)7-10-20(14,2)17(16)8-11-21(18,22)3/h13,16-19,24-25H,4-12H2,1-3H3/t16-,17+,18+,19?,20+,21+,22-/m1/s1. The van der Waals surface area contributed by atoms with Crippen molar-refractivity contribution in [2.75, 3.05) is 0 Å². The molecule has 0 aromatic rings. The highest BCUT2D eigenvalue weighted by Crippen LogP contribution is 2.68. The van der Waals surface area contributed by atoms with E-state index < -0.39 is 11.7 Å². The van der Waals surface area contributed by atoms with E-state index in [9.17, 15) is 15.0 Å². The lowest BCUT2D eigenvalue weighted by atomic mass is 9.46. The summed E-state index contributed by atoms with van der Waals surface area (Å²) >= 11 is 0. The molecule has 4 aliphatic rings. The summed E-state index contributed by atoms with van der Waals surface area (Å²) < 4.78 is 0. The first-order valence-electron chi connectivity index (χ1n) is 10.4. The van der Waals surface area contributed by atoms with Crippen molar-refractivity contribution < 1.29 is 15.0 Å². The molecular formula is C22H34O3. The van der Waals surface area contributed by atoms with Crippen molar-refractivity contribution in [3.05, 3.63) is 11.6 Å². The third kappa shape index (κ3) is 2.21. The van der Waals surface area contributed by atoms with Gasteiger partial charge in [-0.25, -0.2) is 0 Å². The second-order valence-electron chi connectivity index (χ2n) is 9.81. The zero-order chi connectivity index (χ0) is 18.0. The van der Waals surface area contributed by atoms with E-state index in [0.29, 0.717) is 36.4 Å². The van der Waals surface area contributed by atoms with Crippen molar-refractivity contribution in [1.29, 1.82) is 0 Å². The second kappa shape index (κ2) is 5.66. The van der Waals surface area contributed by atoms with Crippen LogP contribution in [0, 0.1) is 28.6 Å². The molecule has 3 fully saturated rings. The van der Waals surface area contributed by atoms with E-state index >= 15 is 0 Å². The molecule has 3 nitrogen and oxygen atoms in total. The van der Waals surface area contributed by atoms with Crippen LogP contribution in [-0.4, -0.2) is 27.7 Å². The van der Waals surface area contributed by atoms with Crippen molar-refractivity contribution in [1.82, 2.24) is 0 Å². The third-order valence-corrected chi connectivity index (χ3v) is 9.12. The van der Waals surface area contributed by atoms with E-state index in [0.717, 1.165) is 44.9 Å². The van der Waals surface area contributed by atoms with E-state index in [2.05, 4.69) is 13.8 Å². The maximum atomic E-state index is 11.9. The van der Waals surface area contributed by atoms with E-state index in [1.54, 1.807) is 0 Å². The molecule has 140 valence electrons. The first-order valence-corrected chi connectivity index (χ1v) is 10.4. The van der Waals surface area contributed by atoms with Crippen LogP contribution < -0.4 is 0 Å². The number of aliphatic hydroxyl groups excluding tert-OH is 1. The summed E-state index contributed by atoms with van der Waals surface area (Å²) in [5, 5.41) is 22.0. The fourth-order valence-electron chi connectivity index (χ4n) is 7.50. The summed E-state index contributed by atoms with van der Waals surface area (Å²) in [6.45, 7) is 6.62. The SMILES string of the molecule is CCC(O)[C@]1(O)CC[C@H]2[C@@H]3CCC4=CC(=O)CC[C@]4(C)[C@H]3CC[C@@]21C. The molecule has 0 heterocycles. The van der Waals surface area contributed by atoms with Crippen molar-refractivity contribution in [3.8, 4) is 0 Å². The number of hydrogen-bond acceptors (Lipinski definition) is 3. The highest BCUT2D eigenvalue weighted by Gasteiger charge is 2.65. The third-order valence-electron chi connectivity index (χ3n) is 9.12. The summed E-state index contributed by atoms with van der Waals surface area (Å²) in [7, 11) is 0. The fourth-order valence-corrected chi connectivity index (χ4v) is 7.50. The van der Waals surface area contributed by atoms with Gasteiger partial charge in [-0.05, 0) is 80.6 Å². The molecule has 3 heteroatoms. The lowest BCUT2D eigenvalue weighted by Gasteiger charge is -2.59. The molecule has 3 saturated carbocycles. The lowest BCUT2D eigenvalue weighted by molar-refractivity contribution is -0.176. The van der Waals surface area contributed by atoms with Crippen LogP contribution in [0.2, 0.25) is 0 Å². The van der Waals surface area contributed by atoms with Gasteiger partial charge in [0.05, 0.1) is 11.7 Å². The maximum absolute atomic E-state index is 11.9. The Morgan fingerprint density at radius 3 is 2.56 bits per heavy atom. The first kappa shape index (κ1) is 17.7. The Morgan fingerprint density at radius 1 is 1.12 bits per heavy atom. The largest absolute Gasteiger partial charge is 0.390 e. The Kier molecular flexibility index (Phi) is 4.01. The van der Waals surface area contributed by atoms with E-state index in [-0.39, 0.29) is 10.8 Å². The molecule has 7 atom stereocenters. The highest BCUT2D eigenvalue weighted by atomic mass is 16.3. The van der Waals surface area contributed by atoms with Crippen LogP contribution in [0.5, 0.6) is 0 Å². The smallest absolute Gasteiger partial charge is 0.155 e. The monoisotopic (exact) mass is 346 g/mol. The fraction of sp³-hybridized carbons (Fsp3) is 0.864. The number of carbonyl (C=O) groups is 1. The van der Waals surface area contributed by atoms with Crippen LogP contribution in [-0.2, 0) is 4.79 Å². The molecule has 0 aromatic heterocycles. The van der Waals surface area contributed by atoms with Gasteiger partial charge in [0.2, 0.25) is 0 Å². The molecule has 0 saturated heterocycles. The Balaban J connectivity index is 1.67. The van der Waals surface area contributed by atoms with Crippen molar-refractivity contribution >= 4 is 5.78 Å². The Labute approximate surface area is 151 Å². The van der Waals surface area contributed by atoms with Crippen molar-refractivity contribution in [3.63, 3.8) is 0 Å². The Morgan fingerprint density at radius 2 is 1.84 bits per heavy atom. The van der Waals surface area contributed by atoms with Crippen LogP contribution in [0.3, 0.4) is 0 Å². The number of allylic oxidation sites excluding steroid dienone is 1. The average molecular weight is 347 g/mol. The van der Waals surface area contributed by atoms with Crippen LogP contribution in [0.1, 0.15) is 78.6 Å². The molecule has 1 unspecified atom stereocenters. The Bertz CT molecular complexity index is 610. The van der Waals surface area contributed by atoms with Gasteiger partial charge >= 0.3 is 0 Å². The predicted molar refractivity (Wildman–Crippen MR) is 98.0 cm³/mol.